The highest BCUT2D eigenvalue weighted by atomic mass is 32.2. The van der Waals surface area contributed by atoms with E-state index in [4.69, 9.17) is 5.11 Å². The van der Waals surface area contributed by atoms with Crippen molar-refractivity contribution in [2.45, 2.75) is 36.8 Å². The number of rotatable bonds is 9. The minimum absolute atomic E-state index is 0.108. The van der Waals surface area contributed by atoms with Crippen molar-refractivity contribution in [3.8, 4) is 0 Å². The first-order valence-corrected chi connectivity index (χ1v) is 8.13. The highest BCUT2D eigenvalue weighted by molar-refractivity contribution is 7.99. The van der Waals surface area contributed by atoms with Crippen molar-refractivity contribution in [3.05, 3.63) is 24.3 Å². The van der Waals surface area contributed by atoms with Gasteiger partial charge in [-0.15, -0.1) is 0 Å². The summed E-state index contributed by atoms with van der Waals surface area (Å²) in [5.41, 5.74) is 0.547. The number of urea groups is 1. The molecule has 0 aliphatic carbocycles. The van der Waals surface area contributed by atoms with E-state index in [0.29, 0.717) is 35.3 Å². The second-order valence-electron chi connectivity index (χ2n) is 4.90. The normalized spacial score (nSPS) is 12.2. The molecule has 1 aromatic rings. The number of alkyl halides is 2. The van der Waals surface area contributed by atoms with Crippen LogP contribution in [0, 0.1) is 5.92 Å². The highest BCUT2D eigenvalue weighted by Gasteiger charge is 2.10. The SMILES string of the molecule is CCCC(CCO)CNC(=O)Nc1ccc(SC(F)F)cc1. The maximum atomic E-state index is 12.2. The minimum Gasteiger partial charge on any atom is -0.396 e. The van der Waals surface area contributed by atoms with Crippen molar-refractivity contribution < 1.29 is 18.7 Å². The Morgan fingerprint density at radius 1 is 1.27 bits per heavy atom. The summed E-state index contributed by atoms with van der Waals surface area (Å²) < 4.78 is 24.4. The van der Waals surface area contributed by atoms with Crippen LogP contribution in [0.2, 0.25) is 0 Å². The molecule has 0 spiro atoms. The molecule has 0 aromatic heterocycles. The number of amides is 2. The van der Waals surface area contributed by atoms with Crippen LogP contribution in [0.1, 0.15) is 26.2 Å². The molecule has 0 aliphatic rings. The zero-order valence-electron chi connectivity index (χ0n) is 12.5. The van der Waals surface area contributed by atoms with E-state index in [1.54, 1.807) is 12.1 Å². The molecule has 1 rings (SSSR count). The Morgan fingerprint density at radius 2 is 1.95 bits per heavy atom. The van der Waals surface area contributed by atoms with Gasteiger partial charge in [0.2, 0.25) is 0 Å². The molecule has 1 atom stereocenters. The van der Waals surface area contributed by atoms with Crippen molar-refractivity contribution >= 4 is 23.5 Å². The van der Waals surface area contributed by atoms with Crippen LogP contribution in [0.15, 0.2) is 29.2 Å². The third-order valence-corrected chi connectivity index (χ3v) is 3.85. The molecule has 2 amide bonds. The number of carbonyl (C=O) groups is 1. The van der Waals surface area contributed by atoms with Crippen molar-refractivity contribution in [1.82, 2.24) is 5.32 Å². The summed E-state index contributed by atoms with van der Waals surface area (Å²) in [7, 11) is 0. The number of benzene rings is 1. The summed E-state index contributed by atoms with van der Waals surface area (Å²) in [4.78, 5) is 12.2. The monoisotopic (exact) mass is 332 g/mol. The molecule has 7 heteroatoms. The number of nitrogens with one attached hydrogen (secondary N) is 2. The van der Waals surface area contributed by atoms with E-state index in [9.17, 15) is 13.6 Å². The molecule has 3 N–H and O–H groups in total. The number of hydrogen-bond acceptors (Lipinski definition) is 3. The number of aliphatic hydroxyl groups is 1. The minimum atomic E-state index is -2.45. The number of thioether (sulfide) groups is 1. The smallest absolute Gasteiger partial charge is 0.319 e. The molecule has 4 nitrogen and oxygen atoms in total. The lowest BCUT2D eigenvalue weighted by Gasteiger charge is -2.16. The van der Waals surface area contributed by atoms with Crippen molar-refractivity contribution in [1.29, 1.82) is 0 Å². The third-order valence-electron chi connectivity index (χ3n) is 3.12. The summed E-state index contributed by atoms with van der Waals surface area (Å²) in [6, 6.07) is 5.91. The van der Waals surface area contributed by atoms with Crippen LogP contribution in [0.4, 0.5) is 19.3 Å². The van der Waals surface area contributed by atoms with Gasteiger partial charge in [-0.1, -0.05) is 25.1 Å². The lowest BCUT2D eigenvalue weighted by atomic mass is 10.0. The first-order valence-electron chi connectivity index (χ1n) is 7.25. The van der Waals surface area contributed by atoms with Crippen LogP contribution in [-0.2, 0) is 0 Å². The average molecular weight is 332 g/mol. The summed E-state index contributed by atoms with van der Waals surface area (Å²) in [5, 5.41) is 14.4. The van der Waals surface area contributed by atoms with E-state index in [1.165, 1.54) is 12.1 Å². The Morgan fingerprint density at radius 3 is 2.50 bits per heavy atom. The van der Waals surface area contributed by atoms with Gasteiger partial charge in [-0.2, -0.15) is 8.78 Å². The lowest BCUT2D eigenvalue weighted by Crippen LogP contribution is -2.33. The Balaban J connectivity index is 2.40. The van der Waals surface area contributed by atoms with Crippen LogP contribution in [-0.4, -0.2) is 30.0 Å². The van der Waals surface area contributed by atoms with E-state index in [0.717, 1.165) is 12.8 Å². The zero-order chi connectivity index (χ0) is 16.4. The molecule has 22 heavy (non-hydrogen) atoms. The van der Waals surface area contributed by atoms with Crippen molar-refractivity contribution in [2.75, 3.05) is 18.5 Å². The molecule has 124 valence electrons. The summed E-state index contributed by atoms with van der Waals surface area (Å²) >= 11 is 0.466. The van der Waals surface area contributed by atoms with Gasteiger partial charge < -0.3 is 15.7 Å². The molecule has 1 aromatic carbocycles. The number of hydrogen-bond donors (Lipinski definition) is 3. The Hall–Kier alpha value is -1.34. The Kier molecular flexibility index (Phi) is 8.84. The molecule has 1 unspecified atom stereocenters. The van der Waals surface area contributed by atoms with Gasteiger partial charge in [0.1, 0.15) is 0 Å². The van der Waals surface area contributed by atoms with Crippen LogP contribution in [0.3, 0.4) is 0 Å². The fraction of sp³-hybridized carbons (Fsp3) is 0.533. The van der Waals surface area contributed by atoms with E-state index in [1.807, 2.05) is 0 Å². The van der Waals surface area contributed by atoms with Gasteiger partial charge in [-0.3, -0.25) is 0 Å². The molecule has 0 radical (unpaired) electrons. The van der Waals surface area contributed by atoms with Gasteiger partial charge in [-0.05, 0) is 43.0 Å². The van der Waals surface area contributed by atoms with Crippen LogP contribution >= 0.6 is 11.8 Å². The van der Waals surface area contributed by atoms with Gasteiger partial charge in [-0.25, -0.2) is 4.79 Å². The predicted octanol–water partition coefficient (Wildman–Crippen LogP) is 3.92. The number of anilines is 1. The molecule has 0 fully saturated rings. The van der Waals surface area contributed by atoms with Crippen molar-refractivity contribution in [3.63, 3.8) is 0 Å². The Labute approximate surface area is 133 Å². The van der Waals surface area contributed by atoms with Gasteiger partial charge in [0.15, 0.2) is 0 Å². The summed E-state index contributed by atoms with van der Waals surface area (Å²) in [6.07, 6.45) is 2.60. The second kappa shape index (κ2) is 10.4. The summed E-state index contributed by atoms with van der Waals surface area (Å²) in [6.45, 7) is 2.67. The predicted molar refractivity (Wildman–Crippen MR) is 85.4 cm³/mol. The maximum absolute atomic E-state index is 12.2. The van der Waals surface area contributed by atoms with Gasteiger partial charge in [0.25, 0.3) is 5.76 Å². The number of aliphatic hydroxyl groups excluding tert-OH is 1. The first kappa shape index (κ1) is 18.7. The van der Waals surface area contributed by atoms with Gasteiger partial charge >= 0.3 is 6.03 Å². The second-order valence-corrected chi connectivity index (χ2v) is 5.97. The van der Waals surface area contributed by atoms with Gasteiger partial charge in [0, 0.05) is 23.7 Å². The quantitative estimate of drug-likeness (QED) is 0.601. The van der Waals surface area contributed by atoms with E-state index in [2.05, 4.69) is 17.6 Å². The molecule has 0 heterocycles. The molecular weight excluding hydrogens is 310 g/mol. The van der Waals surface area contributed by atoms with E-state index < -0.39 is 5.76 Å². The first-order chi connectivity index (χ1) is 10.5. The van der Waals surface area contributed by atoms with Crippen LogP contribution < -0.4 is 10.6 Å². The average Bonchev–Trinajstić information content (AvgIpc) is 2.47. The topological polar surface area (TPSA) is 61.4 Å². The zero-order valence-corrected chi connectivity index (χ0v) is 13.3. The fourth-order valence-electron chi connectivity index (χ4n) is 2.07. The lowest BCUT2D eigenvalue weighted by molar-refractivity contribution is 0.236. The number of halogens is 2. The third kappa shape index (κ3) is 7.61. The van der Waals surface area contributed by atoms with Crippen LogP contribution in [0.5, 0.6) is 0 Å². The van der Waals surface area contributed by atoms with Gasteiger partial charge in [0.05, 0.1) is 0 Å². The fourth-order valence-corrected chi connectivity index (χ4v) is 2.57. The van der Waals surface area contributed by atoms with E-state index >= 15 is 0 Å². The molecule has 0 aliphatic heterocycles. The molecule has 0 bridgehead atoms. The maximum Gasteiger partial charge on any atom is 0.319 e. The molecule has 0 saturated carbocycles. The molecular formula is C15H22F2N2O2S. The van der Waals surface area contributed by atoms with Crippen LogP contribution in [0.25, 0.3) is 0 Å². The highest BCUT2D eigenvalue weighted by Crippen LogP contribution is 2.26. The van der Waals surface area contributed by atoms with Crippen molar-refractivity contribution in [2.24, 2.45) is 5.92 Å². The Bertz CT molecular complexity index is 438. The number of carbonyl (C=O) groups excluding carboxylic acids is 1. The standard InChI is InChI=1S/C15H22F2N2O2S/c1-2-3-11(8-9-20)10-18-15(21)19-12-4-6-13(7-5-12)22-14(16)17/h4-7,11,14,20H,2-3,8-10H2,1H3,(H2,18,19,21). The summed E-state index contributed by atoms with van der Waals surface area (Å²) in [5.74, 6) is -2.20. The largest absolute Gasteiger partial charge is 0.396 e. The van der Waals surface area contributed by atoms with E-state index in [-0.39, 0.29) is 18.6 Å². The molecule has 0 saturated heterocycles.